The molecule has 0 unspecified atom stereocenters. The van der Waals surface area contributed by atoms with Crippen molar-refractivity contribution in [3.63, 3.8) is 0 Å². The Bertz CT molecular complexity index is 1200. The SMILES string of the molecule is O=C(Cc1ccc(C(F)(F)F)cc1[N+](=O)[O-])N/N=C/c1ccc(OCc2ccc(Cl)cc2)cc1. The van der Waals surface area contributed by atoms with Crippen LogP contribution in [0.1, 0.15) is 22.3 Å². The van der Waals surface area contributed by atoms with Crippen molar-refractivity contribution in [1.29, 1.82) is 0 Å². The van der Waals surface area contributed by atoms with Crippen LogP contribution in [0.15, 0.2) is 71.8 Å². The van der Waals surface area contributed by atoms with Crippen LogP contribution in [-0.4, -0.2) is 17.0 Å². The fourth-order valence-corrected chi connectivity index (χ4v) is 2.97. The van der Waals surface area contributed by atoms with Crippen molar-refractivity contribution < 1.29 is 27.6 Å². The van der Waals surface area contributed by atoms with E-state index in [0.717, 1.165) is 11.6 Å². The fourth-order valence-electron chi connectivity index (χ4n) is 2.85. The lowest BCUT2D eigenvalue weighted by atomic mass is 10.1. The Kier molecular flexibility index (Phi) is 7.85. The van der Waals surface area contributed by atoms with Gasteiger partial charge in [0.25, 0.3) is 5.69 Å². The minimum Gasteiger partial charge on any atom is -0.489 e. The summed E-state index contributed by atoms with van der Waals surface area (Å²) >= 11 is 5.84. The fraction of sp³-hybridized carbons (Fsp3) is 0.130. The number of nitro benzene ring substituents is 1. The summed E-state index contributed by atoms with van der Waals surface area (Å²) in [5, 5.41) is 15.5. The topological polar surface area (TPSA) is 93.8 Å². The largest absolute Gasteiger partial charge is 0.489 e. The van der Waals surface area contributed by atoms with Gasteiger partial charge in [-0.05, 0) is 53.6 Å². The first-order valence-electron chi connectivity index (χ1n) is 9.75. The summed E-state index contributed by atoms with van der Waals surface area (Å²) in [7, 11) is 0. The van der Waals surface area contributed by atoms with E-state index in [-0.39, 0.29) is 5.56 Å². The number of carbonyl (C=O) groups excluding carboxylic acids is 1. The number of rotatable bonds is 8. The number of hydrazone groups is 1. The van der Waals surface area contributed by atoms with Crippen LogP contribution >= 0.6 is 11.6 Å². The number of hydrogen-bond acceptors (Lipinski definition) is 5. The number of benzene rings is 3. The molecule has 0 fully saturated rings. The van der Waals surface area contributed by atoms with E-state index in [1.54, 1.807) is 36.4 Å². The molecule has 0 saturated carbocycles. The second-order valence-corrected chi connectivity index (χ2v) is 7.49. The molecule has 0 radical (unpaired) electrons. The molecule has 11 heteroatoms. The molecule has 0 heterocycles. The van der Waals surface area contributed by atoms with Gasteiger partial charge in [-0.1, -0.05) is 29.8 Å². The van der Waals surface area contributed by atoms with Crippen LogP contribution < -0.4 is 10.2 Å². The molecule has 1 amide bonds. The Labute approximate surface area is 197 Å². The molecular weight excluding hydrogens is 475 g/mol. The monoisotopic (exact) mass is 491 g/mol. The lowest BCUT2D eigenvalue weighted by Crippen LogP contribution is -2.20. The number of carbonyl (C=O) groups is 1. The predicted molar refractivity (Wildman–Crippen MR) is 120 cm³/mol. The van der Waals surface area contributed by atoms with Crippen molar-refractivity contribution in [2.75, 3.05) is 0 Å². The van der Waals surface area contributed by atoms with E-state index >= 15 is 0 Å². The Morgan fingerprint density at radius 2 is 1.76 bits per heavy atom. The summed E-state index contributed by atoms with van der Waals surface area (Å²) in [6, 6.07) is 16.1. The Hall–Kier alpha value is -3.92. The Morgan fingerprint density at radius 1 is 1.09 bits per heavy atom. The number of nitro groups is 1. The highest BCUT2D eigenvalue weighted by atomic mass is 35.5. The van der Waals surface area contributed by atoms with Crippen LogP contribution in [0.4, 0.5) is 18.9 Å². The molecule has 0 spiro atoms. The van der Waals surface area contributed by atoms with Gasteiger partial charge >= 0.3 is 6.18 Å². The van der Waals surface area contributed by atoms with Gasteiger partial charge < -0.3 is 4.74 Å². The highest BCUT2D eigenvalue weighted by Crippen LogP contribution is 2.33. The second-order valence-electron chi connectivity index (χ2n) is 7.05. The molecule has 0 bridgehead atoms. The van der Waals surface area contributed by atoms with E-state index in [4.69, 9.17) is 16.3 Å². The molecule has 0 aliphatic carbocycles. The molecule has 1 N–H and O–H groups in total. The summed E-state index contributed by atoms with van der Waals surface area (Å²) in [6.07, 6.45) is -3.89. The van der Waals surface area contributed by atoms with Crippen LogP contribution in [0, 0.1) is 10.1 Å². The summed E-state index contributed by atoms with van der Waals surface area (Å²) in [4.78, 5) is 22.2. The molecule has 0 aromatic heterocycles. The van der Waals surface area contributed by atoms with Gasteiger partial charge in [-0.25, -0.2) is 5.43 Å². The number of alkyl halides is 3. The first-order chi connectivity index (χ1) is 16.1. The maximum atomic E-state index is 12.8. The van der Waals surface area contributed by atoms with Gasteiger partial charge in [-0.2, -0.15) is 18.3 Å². The number of ether oxygens (including phenoxy) is 1. The van der Waals surface area contributed by atoms with Crippen molar-refractivity contribution >= 4 is 29.4 Å². The lowest BCUT2D eigenvalue weighted by molar-refractivity contribution is -0.385. The van der Waals surface area contributed by atoms with Gasteiger partial charge in [0.15, 0.2) is 0 Å². The first kappa shape index (κ1) is 24.7. The molecule has 0 aliphatic rings. The van der Waals surface area contributed by atoms with Gasteiger partial charge in [0.2, 0.25) is 5.91 Å². The molecular formula is C23H17ClF3N3O4. The zero-order valence-electron chi connectivity index (χ0n) is 17.4. The summed E-state index contributed by atoms with van der Waals surface area (Å²) in [6.45, 7) is 0.358. The highest BCUT2D eigenvalue weighted by Gasteiger charge is 2.33. The zero-order valence-corrected chi connectivity index (χ0v) is 18.1. The van der Waals surface area contributed by atoms with Crippen LogP contribution in [0.5, 0.6) is 5.75 Å². The van der Waals surface area contributed by atoms with Crippen LogP contribution in [0.3, 0.4) is 0 Å². The molecule has 3 aromatic carbocycles. The van der Waals surface area contributed by atoms with Crippen LogP contribution in [0.2, 0.25) is 5.02 Å². The van der Waals surface area contributed by atoms with E-state index in [2.05, 4.69) is 10.5 Å². The van der Waals surface area contributed by atoms with Crippen molar-refractivity contribution in [1.82, 2.24) is 5.43 Å². The standard InChI is InChI=1S/C23H17ClF3N3O4/c24-19-7-1-16(2-8-19)14-34-20-9-3-15(4-10-20)13-28-29-22(31)11-17-5-6-18(23(25,26)27)12-21(17)30(32)33/h1-10,12-13H,11,14H2,(H,29,31)/b28-13+. The van der Waals surface area contributed by atoms with Gasteiger partial charge in [-0.3, -0.25) is 14.9 Å². The number of amides is 1. The maximum Gasteiger partial charge on any atom is 0.416 e. The number of hydrogen-bond donors (Lipinski definition) is 1. The maximum absolute atomic E-state index is 12.8. The third-order valence-corrected chi connectivity index (χ3v) is 4.81. The van der Waals surface area contributed by atoms with Crippen molar-refractivity contribution in [2.45, 2.75) is 19.2 Å². The quantitative estimate of drug-likeness (QED) is 0.254. The average molecular weight is 492 g/mol. The lowest BCUT2D eigenvalue weighted by Gasteiger charge is -2.08. The molecule has 34 heavy (non-hydrogen) atoms. The highest BCUT2D eigenvalue weighted by molar-refractivity contribution is 6.30. The molecule has 7 nitrogen and oxygen atoms in total. The molecule has 0 saturated heterocycles. The van der Waals surface area contributed by atoms with E-state index < -0.39 is 34.7 Å². The van der Waals surface area contributed by atoms with E-state index in [1.165, 1.54) is 6.21 Å². The van der Waals surface area contributed by atoms with Crippen molar-refractivity contribution in [2.24, 2.45) is 5.10 Å². The molecule has 0 aliphatic heterocycles. The molecule has 3 aromatic rings. The molecule has 176 valence electrons. The van der Waals surface area contributed by atoms with Crippen LogP contribution in [0.25, 0.3) is 0 Å². The smallest absolute Gasteiger partial charge is 0.416 e. The number of nitrogens with zero attached hydrogens (tertiary/aromatic N) is 2. The number of nitrogens with one attached hydrogen (secondary N) is 1. The van der Waals surface area contributed by atoms with Crippen molar-refractivity contribution in [3.8, 4) is 5.75 Å². The van der Waals surface area contributed by atoms with Gasteiger partial charge in [0.1, 0.15) is 12.4 Å². The summed E-state index contributed by atoms with van der Waals surface area (Å²) in [5.41, 5.74) is 1.68. The number of halogens is 4. The van der Waals surface area contributed by atoms with Gasteiger partial charge in [-0.15, -0.1) is 0 Å². The van der Waals surface area contributed by atoms with E-state index in [0.29, 0.717) is 35.1 Å². The zero-order chi connectivity index (χ0) is 24.7. The molecule has 3 rings (SSSR count). The van der Waals surface area contributed by atoms with E-state index in [9.17, 15) is 28.1 Å². The summed E-state index contributed by atoms with van der Waals surface area (Å²) < 4.78 is 44.0. The van der Waals surface area contributed by atoms with Crippen LogP contribution in [-0.2, 0) is 24.0 Å². The van der Waals surface area contributed by atoms with Crippen molar-refractivity contribution in [3.05, 3.63) is 104 Å². The normalized spacial score (nSPS) is 11.4. The third kappa shape index (κ3) is 7.04. The summed E-state index contributed by atoms with van der Waals surface area (Å²) in [5.74, 6) is -0.104. The van der Waals surface area contributed by atoms with Gasteiger partial charge in [0, 0.05) is 16.7 Å². The third-order valence-electron chi connectivity index (χ3n) is 4.56. The van der Waals surface area contributed by atoms with Gasteiger partial charge in [0.05, 0.1) is 23.1 Å². The minimum atomic E-state index is -4.73. The first-order valence-corrected chi connectivity index (χ1v) is 10.1. The second kappa shape index (κ2) is 10.8. The Morgan fingerprint density at radius 3 is 2.38 bits per heavy atom. The molecule has 0 atom stereocenters. The van der Waals surface area contributed by atoms with E-state index in [1.807, 2.05) is 12.1 Å². The predicted octanol–water partition coefficient (Wildman–Crippen LogP) is 5.54. The minimum absolute atomic E-state index is 0.159. The Balaban J connectivity index is 1.54. The average Bonchev–Trinajstić information content (AvgIpc) is 2.79.